The molecule has 0 fully saturated rings. The number of anilines is 2. The minimum atomic E-state index is 0.753. The maximum atomic E-state index is 5.08. The van der Waals surface area contributed by atoms with Gasteiger partial charge in [0.25, 0.3) is 0 Å². The predicted octanol–water partition coefficient (Wildman–Crippen LogP) is 2.68. The molecule has 2 rings (SSSR count). The van der Waals surface area contributed by atoms with Crippen LogP contribution < -0.4 is 5.32 Å². The number of ether oxygens (including phenoxy) is 1. The number of nitrogens with one attached hydrogen (secondary N) is 1. The van der Waals surface area contributed by atoms with Crippen LogP contribution >= 0.6 is 0 Å². The Morgan fingerprint density at radius 2 is 2.21 bits per heavy atom. The van der Waals surface area contributed by atoms with Crippen LogP contribution in [-0.2, 0) is 11.3 Å². The number of imidazole rings is 1. The fourth-order valence-electron chi connectivity index (χ4n) is 1.93. The van der Waals surface area contributed by atoms with Crippen LogP contribution in [0.15, 0.2) is 24.5 Å². The average molecular weight is 260 g/mol. The first kappa shape index (κ1) is 13.5. The Kier molecular flexibility index (Phi) is 4.52. The third-order valence-electron chi connectivity index (χ3n) is 2.90. The molecule has 5 heteroatoms. The summed E-state index contributed by atoms with van der Waals surface area (Å²) in [5.74, 6) is 0.852. The molecule has 0 saturated carbocycles. The van der Waals surface area contributed by atoms with Crippen LogP contribution in [0.4, 0.5) is 11.6 Å². The number of hydrogen-bond acceptors (Lipinski definition) is 4. The molecule has 0 aliphatic heterocycles. The van der Waals surface area contributed by atoms with Gasteiger partial charge in [-0.2, -0.15) is 0 Å². The molecule has 102 valence electrons. The maximum absolute atomic E-state index is 5.08. The van der Waals surface area contributed by atoms with Crippen molar-refractivity contribution in [2.45, 2.75) is 26.8 Å². The maximum Gasteiger partial charge on any atom is 0.207 e. The molecule has 1 N–H and O–H groups in total. The molecular weight excluding hydrogens is 240 g/mol. The van der Waals surface area contributed by atoms with Gasteiger partial charge in [-0.15, -0.1) is 0 Å². The van der Waals surface area contributed by atoms with Crippen LogP contribution in [0.1, 0.15) is 17.8 Å². The molecule has 0 radical (unpaired) electrons. The van der Waals surface area contributed by atoms with Crippen molar-refractivity contribution in [3.05, 3.63) is 35.9 Å². The second kappa shape index (κ2) is 6.33. The van der Waals surface area contributed by atoms with E-state index >= 15 is 0 Å². The van der Waals surface area contributed by atoms with Crippen molar-refractivity contribution in [1.82, 2.24) is 14.5 Å². The molecule has 2 aromatic heterocycles. The zero-order valence-electron chi connectivity index (χ0n) is 11.7. The fourth-order valence-corrected chi connectivity index (χ4v) is 1.93. The highest BCUT2D eigenvalue weighted by Crippen LogP contribution is 2.18. The first-order valence-electron chi connectivity index (χ1n) is 6.42. The van der Waals surface area contributed by atoms with Gasteiger partial charge in [-0.05, 0) is 32.4 Å². The molecule has 0 amide bonds. The van der Waals surface area contributed by atoms with Crippen LogP contribution in [0.5, 0.6) is 0 Å². The van der Waals surface area contributed by atoms with Gasteiger partial charge < -0.3 is 14.6 Å². The third kappa shape index (κ3) is 3.54. The van der Waals surface area contributed by atoms with Gasteiger partial charge in [-0.25, -0.2) is 4.98 Å². The largest absolute Gasteiger partial charge is 0.385 e. The summed E-state index contributed by atoms with van der Waals surface area (Å²) in [5.41, 5.74) is 2.95. The molecular formula is C14H20N4O. The highest BCUT2D eigenvalue weighted by molar-refractivity contribution is 5.56. The average Bonchev–Trinajstić information content (AvgIpc) is 2.73. The van der Waals surface area contributed by atoms with Gasteiger partial charge in [0, 0.05) is 32.7 Å². The Labute approximate surface area is 113 Å². The topological polar surface area (TPSA) is 52.0 Å². The van der Waals surface area contributed by atoms with Gasteiger partial charge in [0.15, 0.2) is 0 Å². The Morgan fingerprint density at radius 3 is 2.95 bits per heavy atom. The molecule has 0 aliphatic carbocycles. The molecule has 0 atom stereocenters. The summed E-state index contributed by atoms with van der Waals surface area (Å²) in [6, 6.07) is 3.92. The van der Waals surface area contributed by atoms with Crippen molar-refractivity contribution < 1.29 is 4.74 Å². The fraction of sp³-hybridized carbons (Fsp3) is 0.429. The Bertz CT molecular complexity index is 536. The van der Waals surface area contributed by atoms with Gasteiger partial charge in [0.1, 0.15) is 0 Å². The van der Waals surface area contributed by atoms with Gasteiger partial charge in [0.05, 0.1) is 17.1 Å². The van der Waals surface area contributed by atoms with E-state index in [9.17, 15) is 0 Å². The molecule has 19 heavy (non-hydrogen) atoms. The van der Waals surface area contributed by atoms with E-state index in [0.29, 0.717) is 0 Å². The third-order valence-corrected chi connectivity index (χ3v) is 2.90. The smallest absolute Gasteiger partial charge is 0.207 e. The molecule has 0 saturated heterocycles. The van der Waals surface area contributed by atoms with Crippen molar-refractivity contribution >= 4 is 11.6 Å². The minimum Gasteiger partial charge on any atom is -0.385 e. The van der Waals surface area contributed by atoms with Crippen molar-refractivity contribution in [2.75, 3.05) is 19.0 Å². The lowest BCUT2D eigenvalue weighted by Crippen LogP contribution is -2.06. The van der Waals surface area contributed by atoms with E-state index in [1.807, 2.05) is 32.2 Å². The van der Waals surface area contributed by atoms with E-state index in [4.69, 9.17) is 4.74 Å². The van der Waals surface area contributed by atoms with E-state index < -0.39 is 0 Å². The minimum absolute atomic E-state index is 0.753. The molecule has 0 spiro atoms. The summed E-state index contributed by atoms with van der Waals surface area (Å²) < 4.78 is 7.20. The highest BCUT2D eigenvalue weighted by atomic mass is 16.5. The van der Waals surface area contributed by atoms with Crippen LogP contribution in [0.3, 0.4) is 0 Å². The van der Waals surface area contributed by atoms with E-state index in [-0.39, 0.29) is 0 Å². The first-order chi connectivity index (χ1) is 9.20. The number of aromatic nitrogens is 3. The zero-order valence-corrected chi connectivity index (χ0v) is 11.7. The first-order valence-corrected chi connectivity index (χ1v) is 6.42. The van der Waals surface area contributed by atoms with Gasteiger partial charge >= 0.3 is 0 Å². The Hall–Kier alpha value is -1.88. The standard InChI is InChI=1S/C14H20N4O/c1-11-10-18(8-5-9-19-3)14(16-11)17-13-6-4-7-15-12(13)2/h4,6-7,10H,5,8-9H2,1-3H3,(H,16,17). The molecule has 0 unspecified atom stereocenters. The summed E-state index contributed by atoms with van der Waals surface area (Å²) >= 11 is 0. The number of pyridine rings is 1. The molecule has 0 aliphatic rings. The van der Waals surface area contributed by atoms with Crippen LogP contribution in [-0.4, -0.2) is 28.3 Å². The van der Waals surface area contributed by atoms with Crippen molar-refractivity contribution in [2.24, 2.45) is 0 Å². The summed E-state index contributed by atoms with van der Waals surface area (Å²) in [6.07, 6.45) is 4.80. The van der Waals surface area contributed by atoms with Crippen molar-refractivity contribution in [1.29, 1.82) is 0 Å². The van der Waals surface area contributed by atoms with Gasteiger partial charge in [-0.3, -0.25) is 4.98 Å². The van der Waals surface area contributed by atoms with Gasteiger partial charge in [0.2, 0.25) is 5.95 Å². The molecule has 0 bridgehead atoms. The Morgan fingerprint density at radius 1 is 1.37 bits per heavy atom. The normalized spacial score (nSPS) is 10.7. The predicted molar refractivity (Wildman–Crippen MR) is 75.7 cm³/mol. The Balaban J connectivity index is 2.13. The summed E-state index contributed by atoms with van der Waals surface area (Å²) in [6.45, 7) is 5.61. The van der Waals surface area contributed by atoms with E-state index in [1.165, 1.54) is 0 Å². The SMILES string of the molecule is COCCCn1cc(C)nc1Nc1cccnc1C. The molecule has 5 nitrogen and oxygen atoms in total. The van der Waals surface area contributed by atoms with Crippen LogP contribution in [0.25, 0.3) is 0 Å². The van der Waals surface area contributed by atoms with E-state index in [1.54, 1.807) is 13.3 Å². The van der Waals surface area contributed by atoms with Crippen molar-refractivity contribution in [3.63, 3.8) is 0 Å². The molecule has 0 aromatic carbocycles. The highest BCUT2D eigenvalue weighted by Gasteiger charge is 2.07. The summed E-state index contributed by atoms with van der Waals surface area (Å²) in [7, 11) is 1.72. The number of methoxy groups -OCH3 is 1. The quantitative estimate of drug-likeness (QED) is 0.811. The number of hydrogen-bond donors (Lipinski definition) is 1. The number of nitrogens with zero attached hydrogens (tertiary/aromatic N) is 3. The van der Waals surface area contributed by atoms with E-state index in [0.717, 1.165) is 42.6 Å². The van der Waals surface area contributed by atoms with Gasteiger partial charge in [-0.1, -0.05) is 0 Å². The molecule has 2 aromatic rings. The zero-order chi connectivity index (χ0) is 13.7. The monoisotopic (exact) mass is 260 g/mol. The van der Waals surface area contributed by atoms with Crippen LogP contribution in [0, 0.1) is 13.8 Å². The molecule has 2 heterocycles. The second-order valence-electron chi connectivity index (χ2n) is 4.51. The summed E-state index contributed by atoms with van der Waals surface area (Å²) in [4.78, 5) is 8.78. The number of aryl methyl sites for hydroxylation is 3. The summed E-state index contributed by atoms with van der Waals surface area (Å²) in [5, 5.41) is 3.34. The van der Waals surface area contributed by atoms with Crippen molar-refractivity contribution in [3.8, 4) is 0 Å². The second-order valence-corrected chi connectivity index (χ2v) is 4.51. The lowest BCUT2D eigenvalue weighted by molar-refractivity contribution is 0.190. The number of rotatable bonds is 6. The lowest BCUT2D eigenvalue weighted by atomic mass is 10.3. The van der Waals surface area contributed by atoms with Crippen LogP contribution in [0.2, 0.25) is 0 Å². The lowest BCUT2D eigenvalue weighted by Gasteiger charge is -2.10. The van der Waals surface area contributed by atoms with E-state index in [2.05, 4.69) is 19.9 Å².